The molecule has 1 aromatic carbocycles. The minimum Gasteiger partial charge on any atom is -0.490 e. The van der Waals surface area contributed by atoms with Crippen LogP contribution in [-0.2, 0) is 6.18 Å². The zero-order chi connectivity index (χ0) is 27.2. The zero-order valence-electron chi connectivity index (χ0n) is 21.4. The molecule has 11 heteroatoms. The Morgan fingerprint density at radius 2 is 2.00 bits per heavy atom. The minimum atomic E-state index is -4.68. The normalized spacial score (nSPS) is 24.0. The fourth-order valence-electron chi connectivity index (χ4n) is 5.64. The predicted molar refractivity (Wildman–Crippen MR) is 143 cm³/mol. The lowest BCUT2D eigenvalue weighted by molar-refractivity contribution is -0.138. The van der Waals surface area contributed by atoms with Crippen molar-refractivity contribution >= 4 is 34.2 Å². The molecule has 2 aromatic rings. The molecule has 1 unspecified atom stereocenters. The van der Waals surface area contributed by atoms with Gasteiger partial charge in [0, 0.05) is 36.1 Å². The minimum absolute atomic E-state index is 0.0406. The molecule has 3 heterocycles. The van der Waals surface area contributed by atoms with Gasteiger partial charge in [0.2, 0.25) is 0 Å². The van der Waals surface area contributed by atoms with Gasteiger partial charge in [-0.3, -0.25) is 9.69 Å². The van der Waals surface area contributed by atoms with Crippen LogP contribution < -0.4 is 20.7 Å². The summed E-state index contributed by atoms with van der Waals surface area (Å²) in [6, 6.07) is 2.77. The van der Waals surface area contributed by atoms with Gasteiger partial charge in [0.15, 0.2) is 0 Å². The van der Waals surface area contributed by atoms with Gasteiger partial charge in [-0.05, 0) is 63.1 Å². The largest absolute Gasteiger partial charge is 0.490 e. The highest BCUT2D eigenvalue weighted by Crippen LogP contribution is 2.49. The molecule has 0 spiro atoms. The van der Waals surface area contributed by atoms with E-state index in [2.05, 4.69) is 28.7 Å². The van der Waals surface area contributed by atoms with Crippen molar-refractivity contribution < 1.29 is 22.7 Å². The van der Waals surface area contributed by atoms with Crippen molar-refractivity contribution in [2.24, 2.45) is 11.7 Å². The number of amides is 1. The topological polar surface area (TPSA) is 83.7 Å². The van der Waals surface area contributed by atoms with Gasteiger partial charge < -0.3 is 20.7 Å². The molecule has 38 heavy (non-hydrogen) atoms. The van der Waals surface area contributed by atoms with Crippen LogP contribution in [0.4, 0.5) is 24.5 Å². The summed E-state index contributed by atoms with van der Waals surface area (Å²) in [4.78, 5) is 21.7. The third-order valence-corrected chi connectivity index (χ3v) is 8.49. The van der Waals surface area contributed by atoms with E-state index in [1.807, 2.05) is 11.8 Å². The number of fused-ring (bicyclic) bond motifs is 1. The number of hydrogen-bond donors (Lipinski definition) is 2. The third kappa shape index (κ3) is 5.13. The van der Waals surface area contributed by atoms with Gasteiger partial charge in [-0.25, -0.2) is 4.98 Å². The first-order valence-electron chi connectivity index (χ1n) is 12.8. The number of rotatable bonds is 7. The van der Waals surface area contributed by atoms with E-state index in [1.54, 1.807) is 11.5 Å². The number of allylic oxidation sites excluding steroid dienone is 2. The van der Waals surface area contributed by atoms with E-state index in [9.17, 15) is 18.0 Å². The molecule has 2 aliphatic heterocycles. The molecule has 5 rings (SSSR count). The molecule has 7 nitrogen and oxygen atoms in total. The number of halogens is 3. The first-order chi connectivity index (χ1) is 18.1. The van der Waals surface area contributed by atoms with Crippen molar-refractivity contribution in [1.29, 1.82) is 0 Å². The Kier molecular flexibility index (Phi) is 7.17. The second-order valence-electron chi connectivity index (χ2n) is 10.3. The van der Waals surface area contributed by atoms with Crippen molar-refractivity contribution in [1.82, 2.24) is 9.88 Å². The van der Waals surface area contributed by atoms with Crippen LogP contribution in [0.2, 0.25) is 0 Å². The average Bonchev–Trinajstić information content (AvgIpc) is 3.37. The molecule has 204 valence electrons. The Morgan fingerprint density at radius 3 is 2.68 bits per heavy atom. The summed E-state index contributed by atoms with van der Waals surface area (Å²) < 4.78 is 50.0. The molecule has 3 atom stereocenters. The van der Waals surface area contributed by atoms with Crippen LogP contribution >= 0.6 is 11.3 Å². The van der Waals surface area contributed by atoms with Crippen molar-refractivity contribution in [3.63, 3.8) is 0 Å². The number of nitrogens with two attached hydrogens (primary N) is 1. The van der Waals surface area contributed by atoms with Crippen LogP contribution in [0.1, 0.15) is 54.2 Å². The van der Waals surface area contributed by atoms with Gasteiger partial charge >= 0.3 is 6.18 Å². The zero-order valence-corrected chi connectivity index (χ0v) is 22.2. The molecule has 1 aromatic heterocycles. The molecule has 1 amide bonds. The van der Waals surface area contributed by atoms with Gasteiger partial charge in [-0.15, -0.1) is 11.3 Å². The summed E-state index contributed by atoms with van der Waals surface area (Å²) in [6.07, 6.45) is 0.480. The van der Waals surface area contributed by atoms with Crippen LogP contribution in [0.3, 0.4) is 0 Å². The van der Waals surface area contributed by atoms with Crippen LogP contribution in [-0.4, -0.2) is 53.6 Å². The highest BCUT2D eigenvalue weighted by atomic mass is 32.1. The average molecular weight is 548 g/mol. The molecule has 0 bridgehead atoms. The summed E-state index contributed by atoms with van der Waals surface area (Å²) in [5, 5.41) is 4.78. The maximum absolute atomic E-state index is 14.7. The van der Waals surface area contributed by atoms with Crippen molar-refractivity contribution in [3.05, 3.63) is 52.6 Å². The maximum Gasteiger partial charge on any atom is 0.422 e. The van der Waals surface area contributed by atoms with Gasteiger partial charge in [-0.1, -0.05) is 13.5 Å². The van der Waals surface area contributed by atoms with Gasteiger partial charge in [0.1, 0.15) is 22.0 Å². The number of thiazole rings is 1. The molecular weight excluding hydrogens is 515 g/mol. The molecular formula is C27H32F3N5O2S. The molecule has 2 saturated heterocycles. The van der Waals surface area contributed by atoms with E-state index < -0.39 is 17.6 Å². The van der Waals surface area contributed by atoms with Crippen LogP contribution in [0.15, 0.2) is 36.4 Å². The van der Waals surface area contributed by atoms with E-state index in [0.717, 1.165) is 25.8 Å². The molecule has 3 aliphatic rings. The van der Waals surface area contributed by atoms with Crippen LogP contribution in [0.25, 0.3) is 5.57 Å². The highest BCUT2D eigenvalue weighted by molar-refractivity contribution is 7.11. The van der Waals surface area contributed by atoms with Crippen LogP contribution in [0, 0.1) is 5.92 Å². The number of hydrogen-bond acceptors (Lipinski definition) is 7. The van der Waals surface area contributed by atoms with E-state index in [1.165, 1.54) is 29.7 Å². The molecule has 1 saturated carbocycles. The summed E-state index contributed by atoms with van der Waals surface area (Å²) in [6.45, 7) is 10.0. The quantitative estimate of drug-likeness (QED) is 0.454. The number of carbonyl (C=O) groups is 1. The SMILES string of the molecule is C=C(/C=C\N)c1nc(C(=O)Nc2ccc(OC3CC3)c(C(F)(F)F)c2N2CCN3CC[C@@H](C)[C@@H]3C2C)cs1. The van der Waals surface area contributed by atoms with E-state index >= 15 is 0 Å². The maximum atomic E-state index is 14.7. The van der Waals surface area contributed by atoms with Gasteiger partial charge in [0.25, 0.3) is 5.91 Å². The lowest BCUT2D eigenvalue weighted by Gasteiger charge is -2.47. The Labute approximate surface area is 224 Å². The summed E-state index contributed by atoms with van der Waals surface area (Å²) in [5.41, 5.74) is 5.26. The highest BCUT2D eigenvalue weighted by Gasteiger charge is 2.46. The molecule has 3 fully saturated rings. The Morgan fingerprint density at radius 1 is 1.24 bits per heavy atom. The molecule has 0 radical (unpaired) electrons. The smallest absolute Gasteiger partial charge is 0.422 e. The van der Waals surface area contributed by atoms with E-state index in [0.29, 0.717) is 29.6 Å². The fraction of sp³-hybridized carbons (Fsp3) is 0.481. The Bertz CT molecular complexity index is 1260. The lowest BCUT2D eigenvalue weighted by atomic mass is 9.92. The van der Waals surface area contributed by atoms with Crippen molar-refractivity contribution in [2.45, 2.75) is 57.5 Å². The number of nitrogens with one attached hydrogen (secondary N) is 1. The van der Waals surface area contributed by atoms with Crippen molar-refractivity contribution in [2.75, 3.05) is 29.9 Å². The number of anilines is 2. The summed E-state index contributed by atoms with van der Waals surface area (Å²) in [5.74, 6) is -0.430. The first-order valence-corrected chi connectivity index (χ1v) is 13.7. The summed E-state index contributed by atoms with van der Waals surface area (Å²) in [7, 11) is 0. The number of ether oxygens (including phenoxy) is 1. The number of nitrogens with zero attached hydrogens (tertiary/aromatic N) is 3. The standard InChI is InChI=1S/C27H32F3N5O2S/c1-15-9-11-34-12-13-35(17(3)23(15)34)24-19(6-7-21(37-18-4-5-18)22(24)27(28,29)30)32-25(36)20-14-38-26(33-20)16(2)8-10-31/h6-8,10,14-15,17-18,23H,2,4-5,9,11-13,31H2,1,3H3,(H,32,36)/b10-8-/t15-,17?,23-/m1/s1. The van der Waals surface area contributed by atoms with Crippen LogP contribution in [0.5, 0.6) is 5.75 Å². The van der Waals surface area contributed by atoms with Gasteiger partial charge in [-0.2, -0.15) is 13.2 Å². The van der Waals surface area contributed by atoms with Crippen molar-refractivity contribution in [3.8, 4) is 5.75 Å². The number of piperazine rings is 1. The lowest BCUT2D eigenvalue weighted by Crippen LogP contribution is -2.58. The second kappa shape index (κ2) is 10.3. The Hall–Kier alpha value is -3.05. The summed E-state index contributed by atoms with van der Waals surface area (Å²) >= 11 is 1.21. The number of benzene rings is 1. The number of aromatic nitrogens is 1. The van der Waals surface area contributed by atoms with E-state index in [-0.39, 0.29) is 41.0 Å². The second-order valence-corrected chi connectivity index (χ2v) is 11.1. The molecule has 1 aliphatic carbocycles. The third-order valence-electron chi connectivity index (χ3n) is 7.58. The van der Waals surface area contributed by atoms with E-state index in [4.69, 9.17) is 10.5 Å². The number of carbonyl (C=O) groups excluding carboxylic acids is 1. The fourth-order valence-corrected chi connectivity index (χ4v) is 6.39. The van der Waals surface area contributed by atoms with Gasteiger partial charge in [0.05, 0.1) is 17.5 Å². The Balaban J connectivity index is 1.55. The number of alkyl halides is 3. The first kappa shape index (κ1) is 26.6. The molecule has 3 N–H and O–H groups in total. The predicted octanol–water partition coefficient (Wildman–Crippen LogP) is 5.36. The monoisotopic (exact) mass is 547 g/mol.